The number of amides is 1. The molecule has 2 aromatic carbocycles. The van der Waals surface area contributed by atoms with Crippen molar-refractivity contribution < 1.29 is 13.6 Å². The van der Waals surface area contributed by atoms with E-state index in [-0.39, 0.29) is 17.3 Å². The molecule has 21 heavy (non-hydrogen) atoms. The number of rotatable bonds is 4. The summed E-state index contributed by atoms with van der Waals surface area (Å²) in [5.74, 6) is -2.24. The molecular formula is C15H12F2N2OS. The number of carbonyl (C=O) groups excluding carboxylic acids is 1. The molecule has 3 nitrogen and oxygen atoms in total. The minimum atomic E-state index is -0.971. The largest absolute Gasteiger partial charge is 0.389 e. The number of thiocarbonyl (C=S) groups is 1. The Morgan fingerprint density at radius 2 is 1.76 bits per heavy atom. The molecule has 0 unspecified atom stereocenters. The maximum absolute atomic E-state index is 13.0. The van der Waals surface area contributed by atoms with Gasteiger partial charge in [0.15, 0.2) is 11.6 Å². The highest BCUT2D eigenvalue weighted by atomic mass is 32.1. The summed E-state index contributed by atoms with van der Waals surface area (Å²) in [5.41, 5.74) is 7.14. The topological polar surface area (TPSA) is 55.1 Å². The van der Waals surface area contributed by atoms with Crippen LogP contribution < -0.4 is 11.1 Å². The van der Waals surface area contributed by atoms with Crippen molar-refractivity contribution in [3.05, 3.63) is 65.2 Å². The van der Waals surface area contributed by atoms with E-state index in [1.165, 1.54) is 6.07 Å². The molecule has 2 rings (SSSR count). The van der Waals surface area contributed by atoms with Crippen LogP contribution >= 0.6 is 12.2 Å². The first-order valence-electron chi connectivity index (χ1n) is 6.09. The van der Waals surface area contributed by atoms with Crippen LogP contribution in [0, 0.1) is 11.6 Å². The lowest BCUT2D eigenvalue weighted by Crippen LogP contribution is -2.15. The van der Waals surface area contributed by atoms with Gasteiger partial charge in [0.2, 0.25) is 5.91 Å². The molecular weight excluding hydrogens is 294 g/mol. The molecule has 0 saturated heterocycles. The molecule has 0 bridgehead atoms. The molecule has 0 radical (unpaired) electrons. The van der Waals surface area contributed by atoms with Gasteiger partial charge in [-0.25, -0.2) is 8.78 Å². The van der Waals surface area contributed by atoms with Crippen LogP contribution in [0.1, 0.15) is 11.1 Å². The molecule has 1 amide bonds. The van der Waals surface area contributed by atoms with Crippen LogP contribution in [0.3, 0.4) is 0 Å². The number of benzene rings is 2. The summed E-state index contributed by atoms with van der Waals surface area (Å²) in [5, 5.41) is 2.65. The molecule has 6 heteroatoms. The fourth-order valence-corrected chi connectivity index (χ4v) is 1.89. The van der Waals surface area contributed by atoms with E-state index in [4.69, 9.17) is 18.0 Å². The van der Waals surface area contributed by atoms with Crippen LogP contribution in [0.4, 0.5) is 14.5 Å². The van der Waals surface area contributed by atoms with E-state index < -0.39 is 11.6 Å². The van der Waals surface area contributed by atoms with E-state index in [0.29, 0.717) is 16.8 Å². The highest BCUT2D eigenvalue weighted by Crippen LogP contribution is 2.12. The summed E-state index contributed by atoms with van der Waals surface area (Å²) < 4.78 is 25.8. The standard InChI is InChI=1S/C15H12F2N2OS/c16-12-6-1-9(7-13(12)17)8-14(20)19-11-4-2-10(3-5-11)15(18)21/h1-7H,8H2,(H2,18,21)(H,19,20). The molecule has 0 spiro atoms. The number of hydrogen-bond donors (Lipinski definition) is 2. The Kier molecular flexibility index (Phi) is 4.59. The van der Waals surface area contributed by atoms with Gasteiger partial charge in [0.1, 0.15) is 4.99 Å². The smallest absolute Gasteiger partial charge is 0.228 e. The Labute approximate surface area is 125 Å². The van der Waals surface area contributed by atoms with E-state index in [0.717, 1.165) is 12.1 Å². The van der Waals surface area contributed by atoms with Crippen molar-refractivity contribution in [1.29, 1.82) is 0 Å². The number of nitrogens with one attached hydrogen (secondary N) is 1. The van der Waals surface area contributed by atoms with Gasteiger partial charge < -0.3 is 11.1 Å². The molecule has 2 aromatic rings. The number of nitrogens with two attached hydrogens (primary N) is 1. The summed E-state index contributed by atoms with van der Waals surface area (Å²) in [6.45, 7) is 0. The highest BCUT2D eigenvalue weighted by molar-refractivity contribution is 7.80. The summed E-state index contributed by atoms with van der Waals surface area (Å²) >= 11 is 4.83. The van der Waals surface area contributed by atoms with Gasteiger partial charge in [-0.1, -0.05) is 18.3 Å². The van der Waals surface area contributed by atoms with E-state index in [2.05, 4.69) is 5.32 Å². The molecule has 0 fully saturated rings. The minimum Gasteiger partial charge on any atom is -0.389 e. The second-order valence-corrected chi connectivity index (χ2v) is 4.85. The number of carbonyl (C=O) groups is 1. The van der Waals surface area contributed by atoms with Crippen LogP contribution in [-0.4, -0.2) is 10.9 Å². The van der Waals surface area contributed by atoms with Gasteiger partial charge in [-0.05, 0) is 42.0 Å². The molecule has 0 saturated carbocycles. The SMILES string of the molecule is NC(=S)c1ccc(NC(=O)Cc2ccc(F)c(F)c2)cc1. The molecule has 0 aliphatic carbocycles. The first-order valence-corrected chi connectivity index (χ1v) is 6.50. The summed E-state index contributed by atoms with van der Waals surface area (Å²) in [7, 11) is 0. The zero-order chi connectivity index (χ0) is 15.4. The fraction of sp³-hybridized carbons (Fsp3) is 0.0667. The average molecular weight is 306 g/mol. The van der Waals surface area contributed by atoms with Gasteiger partial charge >= 0.3 is 0 Å². The predicted octanol–water partition coefficient (Wildman–Crippen LogP) is 2.78. The molecule has 0 aliphatic rings. The second kappa shape index (κ2) is 6.41. The summed E-state index contributed by atoms with van der Waals surface area (Å²) in [6, 6.07) is 10.1. The Hall–Kier alpha value is -2.34. The minimum absolute atomic E-state index is 0.0474. The number of hydrogen-bond acceptors (Lipinski definition) is 2. The van der Waals surface area contributed by atoms with Crippen molar-refractivity contribution in [2.24, 2.45) is 5.73 Å². The van der Waals surface area contributed by atoms with E-state index >= 15 is 0 Å². The third kappa shape index (κ3) is 4.06. The Morgan fingerprint density at radius 3 is 2.33 bits per heavy atom. The third-order valence-electron chi connectivity index (χ3n) is 2.80. The molecule has 3 N–H and O–H groups in total. The average Bonchev–Trinajstić information content (AvgIpc) is 2.43. The lowest BCUT2D eigenvalue weighted by Gasteiger charge is -2.06. The van der Waals surface area contributed by atoms with Gasteiger partial charge in [0, 0.05) is 11.3 Å². The van der Waals surface area contributed by atoms with Crippen molar-refractivity contribution in [2.45, 2.75) is 6.42 Å². The zero-order valence-corrected chi connectivity index (χ0v) is 11.7. The first-order chi connectivity index (χ1) is 9.95. The Morgan fingerprint density at radius 1 is 1.10 bits per heavy atom. The molecule has 0 heterocycles. The second-order valence-electron chi connectivity index (χ2n) is 4.42. The number of anilines is 1. The van der Waals surface area contributed by atoms with Gasteiger partial charge in [-0.2, -0.15) is 0 Å². The van der Waals surface area contributed by atoms with Crippen molar-refractivity contribution in [1.82, 2.24) is 0 Å². The monoisotopic (exact) mass is 306 g/mol. The zero-order valence-electron chi connectivity index (χ0n) is 10.9. The van der Waals surface area contributed by atoms with Crippen molar-refractivity contribution in [3.63, 3.8) is 0 Å². The van der Waals surface area contributed by atoms with Crippen molar-refractivity contribution in [3.8, 4) is 0 Å². The van der Waals surface area contributed by atoms with E-state index in [1.54, 1.807) is 24.3 Å². The lowest BCUT2D eigenvalue weighted by atomic mass is 10.1. The van der Waals surface area contributed by atoms with Gasteiger partial charge in [0.05, 0.1) is 6.42 Å². The maximum atomic E-state index is 13.0. The number of halogens is 2. The lowest BCUT2D eigenvalue weighted by molar-refractivity contribution is -0.115. The Bertz CT molecular complexity index is 687. The predicted molar refractivity (Wildman–Crippen MR) is 81.0 cm³/mol. The Balaban J connectivity index is 2.01. The first kappa shape index (κ1) is 15.1. The highest BCUT2D eigenvalue weighted by Gasteiger charge is 2.08. The van der Waals surface area contributed by atoms with Crippen LogP contribution in [0.5, 0.6) is 0 Å². The molecule has 0 atom stereocenters. The maximum Gasteiger partial charge on any atom is 0.228 e. The van der Waals surface area contributed by atoms with E-state index in [1.807, 2.05) is 0 Å². The van der Waals surface area contributed by atoms with Crippen molar-refractivity contribution in [2.75, 3.05) is 5.32 Å². The van der Waals surface area contributed by atoms with Crippen LogP contribution in [-0.2, 0) is 11.2 Å². The fourth-order valence-electron chi connectivity index (χ4n) is 1.76. The third-order valence-corrected chi connectivity index (χ3v) is 3.04. The van der Waals surface area contributed by atoms with Crippen molar-refractivity contribution >= 4 is 28.8 Å². The van der Waals surface area contributed by atoms with Crippen LogP contribution in [0.2, 0.25) is 0 Å². The van der Waals surface area contributed by atoms with Gasteiger partial charge in [-0.15, -0.1) is 0 Å². The summed E-state index contributed by atoms with van der Waals surface area (Å²) in [4.78, 5) is 12.1. The molecule has 108 valence electrons. The molecule has 0 aromatic heterocycles. The van der Waals surface area contributed by atoms with Gasteiger partial charge in [0.25, 0.3) is 0 Å². The quantitative estimate of drug-likeness (QED) is 0.854. The van der Waals surface area contributed by atoms with Crippen LogP contribution in [0.25, 0.3) is 0 Å². The van der Waals surface area contributed by atoms with E-state index in [9.17, 15) is 13.6 Å². The summed E-state index contributed by atoms with van der Waals surface area (Å²) in [6.07, 6.45) is -0.0474. The normalized spacial score (nSPS) is 10.2. The van der Waals surface area contributed by atoms with Gasteiger partial charge in [-0.3, -0.25) is 4.79 Å². The van der Waals surface area contributed by atoms with Crippen LogP contribution in [0.15, 0.2) is 42.5 Å². The molecule has 0 aliphatic heterocycles.